The predicted molar refractivity (Wildman–Crippen MR) is 98.0 cm³/mol. The minimum atomic E-state index is 0.791. The number of hydrogen-bond acceptors (Lipinski definition) is 1. The van der Waals surface area contributed by atoms with Crippen molar-refractivity contribution in [1.29, 1.82) is 0 Å². The Bertz CT molecular complexity index is 463. The summed E-state index contributed by atoms with van der Waals surface area (Å²) in [5, 5.41) is 0. The van der Waals surface area contributed by atoms with E-state index < -0.39 is 0 Å². The Balaban J connectivity index is 1.52. The molecule has 0 saturated heterocycles. The quantitative estimate of drug-likeness (QED) is 0.539. The first-order valence-electron chi connectivity index (χ1n) is 9.94. The maximum Gasteiger partial charge on any atom is 0.118 e. The van der Waals surface area contributed by atoms with E-state index in [4.69, 9.17) is 4.74 Å². The predicted octanol–water partition coefficient (Wildman–Crippen LogP) is 6.58. The summed E-state index contributed by atoms with van der Waals surface area (Å²) in [5.74, 6) is 4.84. The van der Waals surface area contributed by atoms with Gasteiger partial charge in [0, 0.05) is 0 Å². The monoisotopic (exact) mass is 314 g/mol. The molecule has 0 heterocycles. The van der Waals surface area contributed by atoms with E-state index in [9.17, 15) is 0 Å². The Morgan fingerprint density at radius 1 is 0.913 bits per heavy atom. The summed E-state index contributed by atoms with van der Waals surface area (Å²) in [7, 11) is 1.75. The summed E-state index contributed by atoms with van der Waals surface area (Å²) in [4.78, 5) is 0. The van der Waals surface area contributed by atoms with Crippen molar-refractivity contribution >= 4 is 0 Å². The van der Waals surface area contributed by atoms with Crippen LogP contribution in [0.5, 0.6) is 5.75 Å². The Hall–Kier alpha value is -0.980. The molecule has 4 unspecified atom stereocenters. The molecule has 0 amide bonds. The summed E-state index contributed by atoms with van der Waals surface area (Å²) in [6.45, 7) is 2.32. The SMILES string of the molecule is CCCCCC1CCC2CC(c3ccc(OC)cc3)CCC2C1. The Kier molecular flexibility index (Phi) is 6.02. The molecule has 3 rings (SSSR count). The van der Waals surface area contributed by atoms with Crippen LogP contribution in [0.2, 0.25) is 0 Å². The number of methoxy groups -OCH3 is 1. The molecule has 2 saturated carbocycles. The van der Waals surface area contributed by atoms with E-state index in [0.717, 1.165) is 29.4 Å². The van der Waals surface area contributed by atoms with Crippen LogP contribution in [0, 0.1) is 17.8 Å². The van der Waals surface area contributed by atoms with Crippen LogP contribution in [0.15, 0.2) is 24.3 Å². The van der Waals surface area contributed by atoms with Gasteiger partial charge in [-0.1, -0.05) is 51.2 Å². The van der Waals surface area contributed by atoms with Crippen LogP contribution in [-0.2, 0) is 0 Å². The summed E-state index contributed by atoms with van der Waals surface area (Å²) < 4.78 is 5.29. The van der Waals surface area contributed by atoms with Gasteiger partial charge in [-0.2, -0.15) is 0 Å². The second-order valence-electron chi connectivity index (χ2n) is 7.98. The van der Waals surface area contributed by atoms with Crippen molar-refractivity contribution in [3.8, 4) is 5.75 Å². The van der Waals surface area contributed by atoms with Gasteiger partial charge in [0.2, 0.25) is 0 Å². The first-order chi connectivity index (χ1) is 11.3. The molecule has 2 aliphatic carbocycles. The molecule has 2 aliphatic rings. The number of benzene rings is 1. The highest BCUT2D eigenvalue weighted by molar-refractivity contribution is 5.29. The van der Waals surface area contributed by atoms with Crippen molar-refractivity contribution in [2.75, 3.05) is 7.11 Å². The van der Waals surface area contributed by atoms with Gasteiger partial charge in [-0.3, -0.25) is 0 Å². The lowest BCUT2D eigenvalue weighted by Gasteiger charge is -2.42. The van der Waals surface area contributed by atoms with Crippen molar-refractivity contribution in [3.05, 3.63) is 29.8 Å². The number of ether oxygens (including phenoxy) is 1. The van der Waals surface area contributed by atoms with Crippen LogP contribution in [0.4, 0.5) is 0 Å². The van der Waals surface area contributed by atoms with Gasteiger partial charge in [0.25, 0.3) is 0 Å². The topological polar surface area (TPSA) is 9.23 Å². The van der Waals surface area contributed by atoms with Gasteiger partial charge in [0.15, 0.2) is 0 Å². The van der Waals surface area contributed by atoms with Gasteiger partial charge in [-0.15, -0.1) is 0 Å². The third kappa shape index (κ3) is 4.31. The second-order valence-corrected chi connectivity index (χ2v) is 7.98. The van der Waals surface area contributed by atoms with Crippen LogP contribution in [0.3, 0.4) is 0 Å². The zero-order chi connectivity index (χ0) is 16.1. The highest BCUT2D eigenvalue weighted by Gasteiger charge is 2.35. The van der Waals surface area contributed by atoms with Gasteiger partial charge >= 0.3 is 0 Å². The lowest BCUT2D eigenvalue weighted by Crippen LogP contribution is -2.30. The fourth-order valence-electron chi connectivity index (χ4n) is 5.11. The molecule has 4 atom stereocenters. The molecule has 1 aromatic rings. The maximum absolute atomic E-state index is 5.29. The van der Waals surface area contributed by atoms with E-state index in [2.05, 4.69) is 31.2 Å². The number of hydrogen-bond donors (Lipinski definition) is 0. The van der Waals surface area contributed by atoms with Gasteiger partial charge in [0.1, 0.15) is 5.75 Å². The zero-order valence-electron chi connectivity index (χ0n) is 15.1. The molecule has 1 aromatic carbocycles. The summed E-state index contributed by atoms with van der Waals surface area (Å²) in [6.07, 6.45) is 14.6. The molecule has 0 N–H and O–H groups in total. The highest BCUT2D eigenvalue weighted by Crippen LogP contribution is 2.48. The molecule has 0 aliphatic heterocycles. The largest absolute Gasteiger partial charge is 0.497 e. The molecule has 2 fully saturated rings. The van der Waals surface area contributed by atoms with E-state index >= 15 is 0 Å². The van der Waals surface area contributed by atoms with Crippen molar-refractivity contribution < 1.29 is 4.74 Å². The van der Waals surface area contributed by atoms with Crippen LogP contribution in [-0.4, -0.2) is 7.11 Å². The molecular formula is C22H34O. The molecule has 128 valence electrons. The third-order valence-electron chi connectivity index (χ3n) is 6.52. The lowest BCUT2D eigenvalue weighted by atomic mass is 9.63. The van der Waals surface area contributed by atoms with Crippen molar-refractivity contribution in [3.63, 3.8) is 0 Å². The molecule has 0 bridgehead atoms. The zero-order valence-corrected chi connectivity index (χ0v) is 15.1. The van der Waals surface area contributed by atoms with Crippen LogP contribution in [0.25, 0.3) is 0 Å². The van der Waals surface area contributed by atoms with Crippen LogP contribution >= 0.6 is 0 Å². The Morgan fingerprint density at radius 2 is 1.65 bits per heavy atom. The van der Waals surface area contributed by atoms with Crippen molar-refractivity contribution in [2.24, 2.45) is 17.8 Å². The first-order valence-corrected chi connectivity index (χ1v) is 9.94. The average Bonchev–Trinajstić information content (AvgIpc) is 2.61. The third-order valence-corrected chi connectivity index (χ3v) is 6.52. The first kappa shape index (κ1) is 16.9. The second kappa shape index (κ2) is 8.22. The van der Waals surface area contributed by atoms with E-state index in [1.807, 2.05) is 0 Å². The molecule has 23 heavy (non-hydrogen) atoms. The number of fused-ring (bicyclic) bond motifs is 1. The van der Waals surface area contributed by atoms with Gasteiger partial charge < -0.3 is 4.74 Å². The summed E-state index contributed by atoms with van der Waals surface area (Å²) in [6, 6.07) is 8.85. The standard InChI is InChI=1S/C22H34O/c1-3-4-5-6-17-7-8-21-16-20(10-9-19(21)15-17)18-11-13-22(23-2)14-12-18/h11-14,17,19-21H,3-10,15-16H2,1-2H3. The van der Waals surface area contributed by atoms with Crippen molar-refractivity contribution in [1.82, 2.24) is 0 Å². The Morgan fingerprint density at radius 3 is 2.39 bits per heavy atom. The van der Waals surface area contributed by atoms with Gasteiger partial charge in [-0.25, -0.2) is 0 Å². The van der Waals surface area contributed by atoms with Gasteiger partial charge in [-0.05, 0) is 73.5 Å². The maximum atomic E-state index is 5.29. The van der Waals surface area contributed by atoms with E-state index in [-0.39, 0.29) is 0 Å². The lowest BCUT2D eigenvalue weighted by molar-refractivity contribution is 0.113. The minimum absolute atomic E-state index is 0.791. The fraction of sp³-hybridized carbons (Fsp3) is 0.727. The minimum Gasteiger partial charge on any atom is -0.497 e. The highest BCUT2D eigenvalue weighted by atomic mass is 16.5. The van der Waals surface area contributed by atoms with Crippen molar-refractivity contribution in [2.45, 2.75) is 77.0 Å². The average molecular weight is 315 g/mol. The molecule has 1 nitrogen and oxygen atoms in total. The molecule has 1 heteroatoms. The molecule has 0 spiro atoms. The molecule has 0 radical (unpaired) electrons. The van der Waals surface area contributed by atoms with Crippen LogP contribution in [0.1, 0.15) is 82.6 Å². The van der Waals surface area contributed by atoms with Crippen LogP contribution < -0.4 is 4.74 Å². The normalized spacial score (nSPS) is 30.7. The fourth-order valence-corrected chi connectivity index (χ4v) is 5.11. The van der Waals surface area contributed by atoms with E-state index in [1.165, 1.54) is 69.8 Å². The summed E-state index contributed by atoms with van der Waals surface area (Å²) >= 11 is 0. The number of rotatable bonds is 6. The van der Waals surface area contributed by atoms with E-state index in [0.29, 0.717) is 0 Å². The van der Waals surface area contributed by atoms with Gasteiger partial charge in [0.05, 0.1) is 7.11 Å². The molecule has 0 aromatic heterocycles. The summed E-state index contributed by atoms with van der Waals surface area (Å²) in [5.41, 5.74) is 1.54. The van der Waals surface area contributed by atoms with E-state index in [1.54, 1.807) is 7.11 Å². The number of unbranched alkanes of at least 4 members (excludes halogenated alkanes) is 2. The smallest absolute Gasteiger partial charge is 0.118 e. The Labute approximate surface area is 142 Å². The molecular weight excluding hydrogens is 280 g/mol.